The van der Waals surface area contributed by atoms with Gasteiger partial charge in [0.25, 0.3) is 0 Å². The number of aliphatic hydroxyl groups excluding tert-OH is 1. The quantitative estimate of drug-likeness (QED) is 0.888. The summed E-state index contributed by atoms with van der Waals surface area (Å²) in [6, 6.07) is 10.5. The predicted octanol–water partition coefficient (Wildman–Crippen LogP) is 4.07. The van der Waals surface area contributed by atoms with E-state index in [1.807, 2.05) is 20.8 Å². The second-order valence-corrected chi connectivity index (χ2v) is 5.90. The van der Waals surface area contributed by atoms with Gasteiger partial charge in [0.05, 0.1) is 12.1 Å². The molecule has 2 aromatic rings. The first-order chi connectivity index (χ1) is 9.85. The van der Waals surface area contributed by atoms with Crippen LogP contribution >= 0.6 is 0 Å². The Bertz CT molecular complexity index is 630. The van der Waals surface area contributed by atoms with E-state index in [2.05, 4.69) is 24.4 Å². The van der Waals surface area contributed by atoms with Crippen LogP contribution in [0.4, 0.5) is 10.1 Å². The van der Waals surface area contributed by atoms with Crippen molar-refractivity contribution >= 4 is 5.69 Å². The molecule has 21 heavy (non-hydrogen) atoms. The number of aliphatic hydroxyl groups is 1. The minimum atomic E-state index is -0.657. The molecule has 2 rings (SSSR count). The Morgan fingerprint density at radius 2 is 1.71 bits per heavy atom. The molecule has 0 bridgehead atoms. The summed E-state index contributed by atoms with van der Waals surface area (Å²) in [5.41, 5.74) is 4.49. The predicted molar refractivity (Wildman–Crippen MR) is 85.1 cm³/mol. The van der Waals surface area contributed by atoms with Crippen LogP contribution in [0, 0.1) is 26.6 Å². The van der Waals surface area contributed by atoms with Gasteiger partial charge in [-0.25, -0.2) is 4.39 Å². The van der Waals surface area contributed by atoms with Crippen LogP contribution in [-0.2, 0) is 5.54 Å². The molecule has 0 aromatic heterocycles. The zero-order valence-electron chi connectivity index (χ0n) is 13.0. The number of rotatable bonds is 4. The van der Waals surface area contributed by atoms with E-state index in [-0.39, 0.29) is 12.4 Å². The lowest BCUT2D eigenvalue weighted by Crippen LogP contribution is -2.37. The number of aryl methyl sites for hydroxylation is 3. The molecule has 1 atom stereocenters. The number of hydrogen-bond acceptors (Lipinski definition) is 2. The highest BCUT2D eigenvalue weighted by Gasteiger charge is 2.29. The van der Waals surface area contributed by atoms with Crippen LogP contribution in [-0.4, -0.2) is 11.7 Å². The Morgan fingerprint density at radius 1 is 1.10 bits per heavy atom. The van der Waals surface area contributed by atoms with Gasteiger partial charge in [-0.2, -0.15) is 0 Å². The summed E-state index contributed by atoms with van der Waals surface area (Å²) in [5, 5.41) is 13.2. The minimum Gasteiger partial charge on any atom is -0.394 e. The van der Waals surface area contributed by atoms with Gasteiger partial charge in [-0.15, -0.1) is 0 Å². The van der Waals surface area contributed by atoms with Crippen LogP contribution in [0.25, 0.3) is 0 Å². The normalized spacial score (nSPS) is 13.8. The van der Waals surface area contributed by atoms with Crippen LogP contribution < -0.4 is 5.32 Å². The maximum atomic E-state index is 13.4. The van der Waals surface area contributed by atoms with E-state index in [4.69, 9.17) is 0 Å². The fourth-order valence-corrected chi connectivity index (χ4v) is 3.12. The summed E-state index contributed by atoms with van der Waals surface area (Å²) in [7, 11) is 0. The first-order valence-corrected chi connectivity index (χ1v) is 7.08. The smallest absolute Gasteiger partial charge is 0.125 e. The molecule has 0 amide bonds. The lowest BCUT2D eigenvalue weighted by Gasteiger charge is -2.33. The summed E-state index contributed by atoms with van der Waals surface area (Å²) in [6.07, 6.45) is 0. The molecule has 0 saturated carbocycles. The highest BCUT2D eigenvalue weighted by atomic mass is 19.1. The third-order valence-corrected chi connectivity index (χ3v) is 3.79. The molecule has 0 radical (unpaired) electrons. The van der Waals surface area contributed by atoms with E-state index >= 15 is 0 Å². The zero-order valence-corrected chi connectivity index (χ0v) is 13.0. The Hall–Kier alpha value is -1.87. The van der Waals surface area contributed by atoms with Crippen molar-refractivity contribution in [1.29, 1.82) is 0 Å². The average molecular weight is 287 g/mol. The van der Waals surface area contributed by atoms with Crippen LogP contribution in [0.15, 0.2) is 36.4 Å². The minimum absolute atomic E-state index is 0.0751. The molecule has 0 heterocycles. The van der Waals surface area contributed by atoms with Gasteiger partial charge >= 0.3 is 0 Å². The molecular formula is C18H22FNO. The summed E-state index contributed by atoms with van der Waals surface area (Å²) >= 11 is 0. The SMILES string of the molecule is Cc1cc(C)c(C(C)(CO)Nc2cccc(F)c2)c(C)c1. The van der Waals surface area contributed by atoms with E-state index in [1.54, 1.807) is 12.1 Å². The van der Waals surface area contributed by atoms with Crippen LogP contribution in [0.5, 0.6) is 0 Å². The maximum absolute atomic E-state index is 13.4. The molecule has 0 aliphatic carbocycles. The van der Waals surface area contributed by atoms with Crippen LogP contribution in [0.3, 0.4) is 0 Å². The van der Waals surface area contributed by atoms with Crippen molar-refractivity contribution in [3.8, 4) is 0 Å². The first-order valence-electron chi connectivity index (χ1n) is 7.08. The van der Waals surface area contributed by atoms with Gasteiger partial charge in [-0.05, 0) is 62.6 Å². The van der Waals surface area contributed by atoms with Crippen molar-refractivity contribution in [2.24, 2.45) is 0 Å². The van der Waals surface area contributed by atoms with Crippen molar-refractivity contribution in [3.63, 3.8) is 0 Å². The average Bonchev–Trinajstić information content (AvgIpc) is 2.37. The molecule has 112 valence electrons. The lowest BCUT2D eigenvalue weighted by atomic mass is 9.84. The summed E-state index contributed by atoms with van der Waals surface area (Å²) in [5.74, 6) is -0.294. The topological polar surface area (TPSA) is 32.3 Å². The van der Waals surface area contributed by atoms with Crippen molar-refractivity contribution in [3.05, 3.63) is 64.5 Å². The Balaban J connectivity index is 2.46. The maximum Gasteiger partial charge on any atom is 0.125 e. The van der Waals surface area contributed by atoms with E-state index < -0.39 is 5.54 Å². The number of halogens is 1. The van der Waals surface area contributed by atoms with Crippen molar-refractivity contribution in [2.75, 3.05) is 11.9 Å². The standard InChI is InChI=1S/C18H22FNO/c1-12-8-13(2)17(14(3)9-12)18(4,11-21)20-16-7-5-6-15(19)10-16/h5-10,20-21H,11H2,1-4H3. The van der Waals surface area contributed by atoms with Gasteiger partial charge in [0.2, 0.25) is 0 Å². The molecule has 0 fully saturated rings. The zero-order chi connectivity index (χ0) is 15.6. The first kappa shape index (κ1) is 15.5. The highest BCUT2D eigenvalue weighted by Crippen LogP contribution is 2.31. The molecule has 2 aromatic carbocycles. The molecule has 0 spiro atoms. The molecule has 3 heteroatoms. The Labute approximate surface area is 125 Å². The van der Waals surface area contributed by atoms with E-state index in [0.717, 1.165) is 16.7 Å². The Kier molecular flexibility index (Phi) is 4.33. The molecular weight excluding hydrogens is 265 g/mol. The van der Waals surface area contributed by atoms with Crippen LogP contribution in [0.1, 0.15) is 29.2 Å². The van der Waals surface area contributed by atoms with Crippen molar-refractivity contribution in [2.45, 2.75) is 33.2 Å². The van der Waals surface area contributed by atoms with Gasteiger partial charge in [0.1, 0.15) is 5.82 Å². The molecule has 0 aliphatic heterocycles. The molecule has 2 nitrogen and oxygen atoms in total. The number of hydrogen-bond donors (Lipinski definition) is 2. The Morgan fingerprint density at radius 3 is 2.24 bits per heavy atom. The largest absolute Gasteiger partial charge is 0.394 e. The van der Waals surface area contributed by atoms with Gasteiger partial charge in [0.15, 0.2) is 0 Å². The highest BCUT2D eigenvalue weighted by molar-refractivity contribution is 5.51. The monoisotopic (exact) mass is 287 g/mol. The van der Waals surface area contributed by atoms with Gasteiger partial charge in [-0.1, -0.05) is 23.8 Å². The van der Waals surface area contributed by atoms with Gasteiger partial charge in [0, 0.05) is 5.69 Å². The third-order valence-electron chi connectivity index (χ3n) is 3.79. The molecule has 0 saturated heterocycles. The van der Waals surface area contributed by atoms with Crippen molar-refractivity contribution < 1.29 is 9.50 Å². The van der Waals surface area contributed by atoms with Crippen LogP contribution in [0.2, 0.25) is 0 Å². The number of anilines is 1. The van der Waals surface area contributed by atoms with Gasteiger partial charge in [-0.3, -0.25) is 0 Å². The van der Waals surface area contributed by atoms with E-state index in [1.165, 1.54) is 17.7 Å². The fourth-order valence-electron chi connectivity index (χ4n) is 3.12. The molecule has 1 unspecified atom stereocenters. The summed E-state index contributed by atoms with van der Waals surface area (Å²) in [6.45, 7) is 7.99. The van der Waals surface area contributed by atoms with Crippen molar-refractivity contribution in [1.82, 2.24) is 0 Å². The second-order valence-electron chi connectivity index (χ2n) is 5.90. The lowest BCUT2D eigenvalue weighted by molar-refractivity contribution is 0.223. The number of nitrogens with one attached hydrogen (secondary N) is 1. The molecule has 2 N–H and O–H groups in total. The fraction of sp³-hybridized carbons (Fsp3) is 0.333. The summed E-state index contributed by atoms with van der Waals surface area (Å²) in [4.78, 5) is 0. The second kappa shape index (κ2) is 5.86. The third kappa shape index (κ3) is 3.24. The summed E-state index contributed by atoms with van der Waals surface area (Å²) < 4.78 is 13.4. The van der Waals surface area contributed by atoms with E-state index in [0.29, 0.717) is 5.69 Å². The molecule has 0 aliphatic rings. The number of benzene rings is 2. The van der Waals surface area contributed by atoms with Gasteiger partial charge < -0.3 is 10.4 Å². The van der Waals surface area contributed by atoms with E-state index in [9.17, 15) is 9.50 Å².